The van der Waals surface area contributed by atoms with E-state index in [0.717, 1.165) is 51.4 Å². The molecule has 0 spiro atoms. The van der Waals surface area contributed by atoms with Gasteiger partial charge in [-0.1, -0.05) is 0 Å². The van der Waals surface area contributed by atoms with Crippen LogP contribution >= 0.6 is 0 Å². The van der Waals surface area contributed by atoms with Crippen molar-refractivity contribution < 1.29 is 9.50 Å². The first-order valence-corrected chi connectivity index (χ1v) is 7.57. The van der Waals surface area contributed by atoms with Crippen molar-refractivity contribution in [1.29, 1.82) is 0 Å². The number of piperazine rings is 1. The molecular formula is C15H25FN4O. The normalized spacial score (nSPS) is 18.8. The number of aliphatic hydroxyl groups excluding tert-OH is 1. The molecule has 0 aliphatic carbocycles. The molecule has 0 radical (unpaired) electrons. The zero-order chi connectivity index (χ0) is 15.1. The predicted molar refractivity (Wildman–Crippen MR) is 80.6 cm³/mol. The van der Waals surface area contributed by atoms with E-state index >= 15 is 0 Å². The highest BCUT2D eigenvalue weighted by Gasteiger charge is 2.18. The molecule has 1 atom stereocenters. The van der Waals surface area contributed by atoms with E-state index in [9.17, 15) is 4.39 Å². The number of β-amino-alcohol motifs (C(OH)–C–C–N with tert-alkyl or cyclic N) is 1. The zero-order valence-electron chi connectivity index (χ0n) is 12.6. The quantitative estimate of drug-likeness (QED) is 0.766. The number of aliphatic hydroxyl groups is 1. The van der Waals surface area contributed by atoms with Crippen LogP contribution in [-0.4, -0.2) is 72.8 Å². The predicted octanol–water partition coefficient (Wildman–Crippen LogP) is 0.481. The molecule has 0 aromatic carbocycles. The van der Waals surface area contributed by atoms with E-state index in [1.54, 1.807) is 6.07 Å². The largest absolute Gasteiger partial charge is 0.395 e. The second-order valence-corrected chi connectivity index (χ2v) is 5.44. The number of nitrogens with zero attached hydrogens (tertiary/aromatic N) is 3. The maximum atomic E-state index is 12.9. The Hall–Kier alpha value is -1.08. The molecule has 1 aliphatic rings. The van der Waals surface area contributed by atoms with Crippen molar-refractivity contribution in [3.63, 3.8) is 0 Å². The molecule has 1 saturated heterocycles. The van der Waals surface area contributed by atoms with Gasteiger partial charge in [0.05, 0.1) is 24.5 Å². The Morgan fingerprint density at radius 2 is 1.90 bits per heavy atom. The number of hydrogen-bond acceptors (Lipinski definition) is 5. The summed E-state index contributed by atoms with van der Waals surface area (Å²) in [6.45, 7) is 6.10. The van der Waals surface area contributed by atoms with E-state index in [-0.39, 0.29) is 18.5 Å². The third-order valence-corrected chi connectivity index (χ3v) is 4.07. The van der Waals surface area contributed by atoms with Gasteiger partial charge in [-0.05, 0) is 25.6 Å². The van der Waals surface area contributed by atoms with Gasteiger partial charge in [-0.15, -0.1) is 0 Å². The molecule has 2 heterocycles. The summed E-state index contributed by atoms with van der Waals surface area (Å²) in [5, 5.41) is 12.2. The summed E-state index contributed by atoms with van der Waals surface area (Å²) in [6.07, 6.45) is 2.22. The highest BCUT2D eigenvalue weighted by molar-refractivity contribution is 5.09. The molecule has 0 saturated carbocycles. The van der Waals surface area contributed by atoms with E-state index < -0.39 is 0 Å². The van der Waals surface area contributed by atoms with Crippen LogP contribution in [0.25, 0.3) is 0 Å². The van der Waals surface area contributed by atoms with Crippen LogP contribution in [0.5, 0.6) is 0 Å². The second-order valence-electron chi connectivity index (χ2n) is 5.44. The molecule has 0 bridgehead atoms. The van der Waals surface area contributed by atoms with E-state index in [0.29, 0.717) is 0 Å². The van der Waals surface area contributed by atoms with Gasteiger partial charge in [0.25, 0.3) is 0 Å². The Kier molecular flexibility index (Phi) is 6.50. The second kappa shape index (κ2) is 8.38. The summed E-state index contributed by atoms with van der Waals surface area (Å²) in [5.74, 6) is -0.298. The van der Waals surface area contributed by atoms with Gasteiger partial charge >= 0.3 is 0 Å². The fourth-order valence-corrected chi connectivity index (χ4v) is 2.72. The van der Waals surface area contributed by atoms with Crippen LogP contribution < -0.4 is 5.32 Å². The minimum atomic E-state index is -0.298. The SMILES string of the molecule is CNC(CCN1CCN(CCO)CC1)c1ccc(F)cn1. The van der Waals surface area contributed by atoms with Crippen LogP contribution in [0.2, 0.25) is 0 Å². The number of hydrogen-bond donors (Lipinski definition) is 2. The standard InChI is InChI=1S/C15H25FN4O/c1-17-14(15-3-2-13(16)12-18-15)4-5-19-6-8-20(9-7-19)10-11-21/h2-3,12,14,17,21H,4-11H2,1H3. The molecule has 2 rings (SSSR count). The molecule has 118 valence electrons. The minimum absolute atomic E-state index is 0.154. The first kappa shape index (κ1) is 16.3. The zero-order valence-corrected chi connectivity index (χ0v) is 12.6. The summed E-state index contributed by atoms with van der Waals surface area (Å²) in [6, 6.07) is 3.36. The van der Waals surface area contributed by atoms with Crippen LogP contribution in [0.4, 0.5) is 4.39 Å². The van der Waals surface area contributed by atoms with Crippen molar-refractivity contribution in [3.05, 3.63) is 29.8 Å². The molecule has 1 fully saturated rings. The summed E-state index contributed by atoms with van der Waals surface area (Å²) >= 11 is 0. The Morgan fingerprint density at radius 3 is 2.43 bits per heavy atom. The fraction of sp³-hybridized carbons (Fsp3) is 0.667. The van der Waals surface area contributed by atoms with E-state index in [2.05, 4.69) is 20.1 Å². The first-order valence-electron chi connectivity index (χ1n) is 7.57. The topological polar surface area (TPSA) is 51.6 Å². The summed E-state index contributed by atoms with van der Waals surface area (Å²) in [4.78, 5) is 8.88. The minimum Gasteiger partial charge on any atom is -0.395 e. The maximum absolute atomic E-state index is 12.9. The lowest BCUT2D eigenvalue weighted by atomic mass is 10.1. The molecule has 21 heavy (non-hydrogen) atoms. The molecule has 1 aromatic rings. The Bertz CT molecular complexity index is 407. The molecule has 1 aromatic heterocycles. The summed E-state index contributed by atoms with van der Waals surface area (Å²) in [7, 11) is 1.91. The number of rotatable bonds is 7. The van der Waals surface area contributed by atoms with Crippen LogP contribution in [0.3, 0.4) is 0 Å². The average molecular weight is 296 g/mol. The van der Waals surface area contributed by atoms with Crippen LogP contribution in [0, 0.1) is 5.82 Å². The van der Waals surface area contributed by atoms with E-state index in [4.69, 9.17) is 5.11 Å². The molecule has 6 heteroatoms. The van der Waals surface area contributed by atoms with Crippen LogP contribution in [0.1, 0.15) is 18.2 Å². The third kappa shape index (κ3) is 5.00. The van der Waals surface area contributed by atoms with Gasteiger partial charge in [-0.25, -0.2) is 4.39 Å². The Labute approximate surface area is 125 Å². The molecule has 2 N–H and O–H groups in total. The summed E-state index contributed by atoms with van der Waals surface area (Å²) < 4.78 is 12.9. The van der Waals surface area contributed by atoms with E-state index in [1.165, 1.54) is 12.3 Å². The maximum Gasteiger partial charge on any atom is 0.141 e. The van der Waals surface area contributed by atoms with Gasteiger partial charge in [0.2, 0.25) is 0 Å². The van der Waals surface area contributed by atoms with Crippen LogP contribution in [0.15, 0.2) is 18.3 Å². The molecule has 1 aliphatic heterocycles. The number of aromatic nitrogens is 1. The van der Waals surface area contributed by atoms with Crippen molar-refractivity contribution in [2.24, 2.45) is 0 Å². The lowest BCUT2D eigenvalue weighted by Crippen LogP contribution is -2.47. The fourth-order valence-electron chi connectivity index (χ4n) is 2.72. The molecule has 0 amide bonds. The van der Waals surface area contributed by atoms with Crippen molar-refractivity contribution in [2.45, 2.75) is 12.5 Å². The first-order chi connectivity index (χ1) is 10.2. The van der Waals surface area contributed by atoms with Gasteiger partial charge in [-0.2, -0.15) is 0 Å². The Morgan fingerprint density at radius 1 is 1.24 bits per heavy atom. The summed E-state index contributed by atoms with van der Waals surface area (Å²) in [5.41, 5.74) is 0.887. The Balaban J connectivity index is 1.77. The highest BCUT2D eigenvalue weighted by Crippen LogP contribution is 2.15. The van der Waals surface area contributed by atoms with Gasteiger partial charge in [0.15, 0.2) is 0 Å². The number of nitrogens with one attached hydrogen (secondary N) is 1. The van der Waals surface area contributed by atoms with Crippen molar-refractivity contribution in [3.8, 4) is 0 Å². The molecule has 5 nitrogen and oxygen atoms in total. The lowest BCUT2D eigenvalue weighted by molar-refractivity contribution is 0.110. The monoisotopic (exact) mass is 296 g/mol. The van der Waals surface area contributed by atoms with Gasteiger partial charge in [0, 0.05) is 39.3 Å². The van der Waals surface area contributed by atoms with Gasteiger partial charge in [-0.3, -0.25) is 9.88 Å². The van der Waals surface area contributed by atoms with Crippen LogP contribution in [-0.2, 0) is 0 Å². The smallest absolute Gasteiger partial charge is 0.141 e. The van der Waals surface area contributed by atoms with Gasteiger partial charge in [0.1, 0.15) is 5.82 Å². The number of pyridine rings is 1. The average Bonchev–Trinajstić information content (AvgIpc) is 2.51. The highest BCUT2D eigenvalue weighted by atomic mass is 19.1. The molecule has 1 unspecified atom stereocenters. The number of halogens is 1. The van der Waals surface area contributed by atoms with E-state index in [1.807, 2.05) is 7.05 Å². The van der Waals surface area contributed by atoms with Crippen molar-refractivity contribution in [1.82, 2.24) is 20.1 Å². The van der Waals surface area contributed by atoms with Crippen molar-refractivity contribution >= 4 is 0 Å². The lowest BCUT2D eigenvalue weighted by Gasteiger charge is -2.34. The molecular weight excluding hydrogens is 271 g/mol. The van der Waals surface area contributed by atoms with Gasteiger partial charge < -0.3 is 15.3 Å². The third-order valence-electron chi connectivity index (χ3n) is 4.07. The van der Waals surface area contributed by atoms with Crippen molar-refractivity contribution in [2.75, 3.05) is 52.9 Å².